The molecule has 0 aliphatic rings. The second-order valence-electron chi connectivity index (χ2n) is 4.21. The quantitative estimate of drug-likeness (QED) is 0.735. The number of hydrogen-bond donors (Lipinski definition) is 0. The Morgan fingerprint density at radius 1 is 1.12 bits per heavy atom. The molecule has 0 unspecified atom stereocenters. The number of rotatable bonds is 6. The molecule has 0 amide bonds. The molecule has 0 bridgehead atoms. The molecule has 0 saturated carbocycles. The van der Waals surface area contributed by atoms with E-state index in [1.54, 1.807) is 0 Å². The Labute approximate surface area is 106 Å². The summed E-state index contributed by atoms with van der Waals surface area (Å²) in [7, 11) is 0. The first-order valence-electron chi connectivity index (χ1n) is 5.55. The van der Waals surface area contributed by atoms with Crippen LogP contribution in [0.1, 0.15) is 27.2 Å². The predicted molar refractivity (Wildman–Crippen MR) is 70.7 cm³/mol. The maximum atomic E-state index is 5.89. The monoisotopic (exact) mass is 286 g/mol. The zero-order valence-electron chi connectivity index (χ0n) is 10.1. The van der Waals surface area contributed by atoms with Gasteiger partial charge >= 0.3 is 0 Å². The highest BCUT2D eigenvalue weighted by Gasteiger charge is 2.18. The summed E-state index contributed by atoms with van der Waals surface area (Å²) in [6.07, 6.45) is 0.972. The van der Waals surface area contributed by atoms with Crippen LogP contribution >= 0.6 is 15.9 Å². The third-order valence-electron chi connectivity index (χ3n) is 2.23. The molecule has 0 N–H and O–H groups in total. The van der Waals surface area contributed by atoms with Crippen molar-refractivity contribution in [2.75, 3.05) is 11.9 Å². The van der Waals surface area contributed by atoms with Crippen molar-refractivity contribution >= 4 is 15.9 Å². The highest BCUT2D eigenvalue weighted by atomic mass is 79.9. The molecule has 0 radical (unpaired) electrons. The van der Waals surface area contributed by atoms with Gasteiger partial charge in [0.2, 0.25) is 0 Å². The van der Waals surface area contributed by atoms with E-state index in [1.165, 1.54) is 0 Å². The smallest absolute Gasteiger partial charge is 0.120 e. The van der Waals surface area contributed by atoms with Crippen LogP contribution in [0.15, 0.2) is 24.3 Å². The highest BCUT2D eigenvalue weighted by Crippen LogP contribution is 2.24. The molecule has 1 aromatic carbocycles. The Balaban J connectivity index is 2.61. The Morgan fingerprint density at radius 2 is 1.69 bits per heavy atom. The summed E-state index contributed by atoms with van der Waals surface area (Å²) in [5, 5.41) is 0.941. The molecular formula is C13H19BrO2. The minimum atomic E-state index is -0.142. The van der Waals surface area contributed by atoms with Gasteiger partial charge in [0.25, 0.3) is 0 Å². The Bertz CT molecular complexity index is 306. The van der Waals surface area contributed by atoms with Crippen molar-refractivity contribution in [1.29, 1.82) is 0 Å². The van der Waals surface area contributed by atoms with Crippen molar-refractivity contribution in [1.82, 2.24) is 0 Å². The molecule has 2 nitrogen and oxygen atoms in total. The van der Waals surface area contributed by atoms with Gasteiger partial charge in [-0.05, 0) is 51.5 Å². The minimum absolute atomic E-state index is 0.142. The fourth-order valence-corrected chi connectivity index (χ4v) is 2.32. The lowest BCUT2D eigenvalue weighted by Crippen LogP contribution is -2.28. The molecule has 3 heteroatoms. The summed E-state index contributed by atoms with van der Waals surface area (Å²) in [6, 6.07) is 7.76. The van der Waals surface area contributed by atoms with Gasteiger partial charge in [-0.25, -0.2) is 0 Å². The van der Waals surface area contributed by atoms with Crippen molar-refractivity contribution in [2.24, 2.45) is 0 Å². The van der Waals surface area contributed by atoms with Crippen LogP contribution in [-0.2, 0) is 0 Å². The van der Waals surface area contributed by atoms with E-state index in [0.717, 1.165) is 23.2 Å². The van der Waals surface area contributed by atoms with E-state index in [9.17, 15) is 0 Å². The van der Waals surface area contributed by atoms with Gasteiger partial charge in [-0.15, -0.1) is 0 Å². The van der Waals surface area contributed by atoms with Crippen LogP contribution in [0.5, 0.6) is 11.5 Å². The van der Waals surface area contributed by atoms with Crippen LogP contribution in [0.3, 0.4) is 0 Å². The molecule has 16 heavy (non-hydrogen) atoms. The Kier molecular flexibility index (Phi) is 5.13. The van der Waals surface area contributed by atoms with Crippen LogP contribution in [0, 0.1) is 0 Å². The summed E-state index contributed by atoms with van der Waals surface area (Å²) >= 11 is 3.43. The van der Waals surface area contributed by atoms with Gasteiger partial charge in [-0.1, -0.05) is 15.9 Å². The van der Waals surface area contributed by atoms with Gasteiger partial charge in [0.15, 0.2) is 0 Å². The second-order valence-corrected chi connectivity index (χ2v) is 5.00. The first-order chi connectivity index (χ1) is 7.57. The van der Waals surface area contributed by atoms with Crippen LogP contribution in [0.2, 0.25) is 0 Å². The molecule has 90 valence electrons. The molecule has 0 heterocycles. The molecule has 1 aromatic rings. The summed E-state index contributed by atoms with van der Waals surface area (Å²) in [5.41, 5.74) is -0.142. The molecule has 0 aliphatic heterocycles. The predicted octanol–water partition coefficient (Wildman–Crippen LogP) is 4.03. The summed E-state index contributed by atoms with van der Waals surface area (Å²) in [6.45, 7) is 6.84. The zero-order chi connectivity index (χ0) is 12.0. The van der Waals surface area contributed by atoms with E-state index in [-0.39, 0.29) is 5.60 Å². The van der Waals surface area contributed by atoms with E-state index in [0.29, 0.717) is 6.61 Å². The maximum absolute atomic E-state index is 5.89. The number of hydrogen-bond acceptors (Lipinski definition) is 2. The molecule has 0 atom stereocenters. The van der Waals surface area contributed by atoms with Gasteiger partial charge in [0, 0.05) is 5.33 Å². The highest BCUT2D eigenvalue weighted by molar-refractivity contribution is 9.09. The second kappa shape index (κ2) is 6.14. The third-order valence-corrected chi connectivity index (χ3v) is 2.62. The van der Waals surface area contributed by atoms with E-state index in [4.69, 9.17) is 9.47 Å². The number of alkyl halides is 1. The normalized spacial score (nSPS) is 11.2. The topological polar surface area (TPSA) is 18.5 Å². The van der Waals surface area contributed by atoms with Crippen molar-refractivity contribution in [2.45, 2.75) is 32.8 Å². The molecule has 0 fully saturated rings. The van der Waals surface area contributed by atoms with Gasteiger partial charge in [0.1, 0.15) is 17.1 Å². The molecule has 0 aliphatic carbocycles. The van der Waals surface area contributed by atoms with E-state index in [1.807, 2.05) is 31.2 Å². The lowest BCUT2D eigenvalue weighted by molar-refractivity contribution is 0.107. The average molecular weight is 287 g/mol. The molecule has 0 spiro atoms. The van der Waals surface area contributed by atoms with Gasteiger partial charge in [-0.2, -0.15) is 0 Å². The largest absolute Gasteiger partial charge is 0.494 e. The maximum Gasteiger partial charge on any atom is 0.120 e. The third kappa shape index (κ3) is 4.44. The Hall–Kier alpha value is -0.700. The van der Waals surface area contributed by atoms with Crippen LogP contribution in [-0.4, -0.2) is 17.5 Å². The first kappa shape index (κ1) is 13.4. The first-order valence-corrected chi connectivity index (χ1v) is 6.67. The molecule has 0 saturated heterocycles. The zero-order valence-corrected chi connectivity index (χ0v) is 11.7. The summed E-state index contributed by atoms with van der Waals surface area (Å²) in [4.78, 5) is 0. The van der Waals surface area contributed by atoms with Gasteiger partial charge in [-0.3, -0.25) is 0 Å². The fourth-order valence-electron chi connectivity index (χ4n) is 1.37. The van der Waals surface area contributed by atoms with Crippen molar-refractivity contribution in [3.05, 3.63) is 24.3 Å². The summed E-state index contributed by atoms with van der Waals surface area (Å²) in [5.74, 6) is 1.77. The van der Waals surface area contributed by atoms with Crippen molar-refractivity contribution in [3.63, 3.8) is 0 Å². The standard InChI is InChI=1S/C13H19BrO2/c1-4-15-11-5-7-12(8-6-11)16-13(2,3)9-10-14/h5-8H,4,9-10H2,1-3H3. The molecular weight excluding hydrogens is 268 g/mol. The van der Waals surface area contributed by atoms with Crippen molar-refractivity contribution in [3.8, 4) is 11.5 Å². The van der Waals surface area contributed by atoms with Crippen LogP contribution in [0.25, 0.3) is 0 Å². The molecule has 1 rings (SSSR count). The molecule has 0 aromatic heterocycles. The van der Waals surface area contributed by atoms with E-state index >= 15 is 0 Å². The van der Waals surface area contributed by atoms with Crippen LogP contribution < -0.4 is 9.47 Å². The lowest BCUT2D eigenvalue weighted by atomic mass is 10.1. The number of benzene rings is 1. The number of halogens is 1. The van der Waals surface area contributed by atoms with Gasteiger partial charge < -0.3 is 9.47 Å². The average Bonchev–Trinajstić information content (AvgIpc) is 2.21. The fraction of sp³-hybridized carbons (Fsp3) is 0.538. The summed E-state index contributed by atoms with van der Waals surface area (Å²) < 4.78 is 11.3. The van der Waals surface area contributed by atoms with E-state index < -0.39 is 0 Å². The lowest BCUT2D eigenvalue weighted by Gasteiger charge is -2.25. The van der Waals surface area contributed by atoms with Gasteiger partial charge in [0.05, 0.1) is 6.61 Å². The van der Waals surface area contributed by atoms with Crippen LogP contribution in [0.4, 0.5) is 0 Å². The van der Waals surface area contributed by atoms with Crippen molar-refractivity contribution < 1.29 is 9.47 Å². The minimum Gasteiger partial charge on any atom is -0.494 e. The van der Waals surface area contributed by atoms with E-state index in [2.05, 4.69) is 29.8 Å². The SMILES string of the molecule is CCOc1ccc(OC(C)(C)CCBr)cc1. The Morgan fingerprint density at radius 3 is 2.19 bits per heavy atom. The number of ether oxygens (including phenoxy) is 2.